The van der Waals surface area contributed by atoms with Crippen LogP contribution in [0.2, 0.25) is 0 Å². The van der Waals surface area contributed by atoms with E-state index in [1.54, 1.807) is 0 Å². The summed E-state index contributed by atoms with van der Waals surface area (Å²) in [7, 11) is 1.81. The molecule has 2 N–H and O–H groups in total. The SMILES string of the molecule is CCOC(CCNC(=NC)NCC(C)(C)SC)C(C)C.I. The molecule has 0 heterocycles. The summed E-state index contributed by atoms with van der Waals surface area (Å²) < 4.78 is 5.96. The van der Waals surface area contributed by atoms with E-state index in [9.17, 15) is 0 Å². The van der Waals surface area contributed by atoms with Gasteiger partial charge in [0.25, 0.3) is 0 Å². The lowest BCUT2D eigenvalue weighted by molar-refractivity contribution is 0.0258. The van der Waals surface area contributed by atoms with E-state index in [-0.39, 0.29) is 28.7 Å². The Bertz CT molecular complexity index is 286. The number of halogens is 1. The van der Waals surface area contributed by atoms with Crippen LogP contribution in [0.15, 0.2) is 4.99 Å². The third kappa shape index (κ3) is 11.5. The van der Waals surface area contributed by atoms with E-state index in [2.05, 4.69) is 49.6 Å². The Labute approximate surface area is 152 Å². The van der Waals surface area contributed by atoms with Crippen LogP contribution in [0.1, 0.15) is 41.0 Å². The van der Waals surface area contributed by atoms with E-state index < -0.39 is 0 Å². The Balaban J connectivity index is 0. The molecule has 0 aliphatic heterocycles. The van der Waals surface area contributed by atoms with Gasteiger partial charge in [-0.05, 0) is 39.4 Å². The van der Waals surface area contributed by atoms with E-state index in [0.717, 1.165) is 32.1 Å². The number of nitrogens with one attached hydrogen (secondary N) is 2. The Hall–Kier alpha value is 0.310. The minimum Gasteiger partial charge on any atom is -0.378 e. The van der Waals surface area contributed by atoms with Crippen molar-refractivity contribution in [2.75, 3.05) is 33.0 Å². The van der Waals surface area contributed by atoms with Crippen molar-refractivity contribution in [2.45, 2.75) is 51.9 Å². The zero-order valence-electron chi connectivity index (χ0n) is 14.7. The Morgan fingerprint density at radius 3 is 2.33 bits per heavy atom. The van der Waals surface area contributed by atoms with Crippen molar-refractivity contribution in [3.05, 3.63) is 0 Å². The normalized spacial score (nSPS) is 13.8. The molecule has 0 radical (unpaired) electrons. The molecule has 0 saturated carbocycles. The number of thioether (sulfide) groups is 1. The first-order valence-electron chi connectivity index (χ1n) is 7.47. The summed E-state index contributed by atoms with van der Waals surface area (Å²) in [5, 5.41) is 6.73. The molecule has 0 aromatic heterocycles. The summed E-state index contributed by atoms with van der Waals surface area (Å²) in [6.07, 6.45) is 3.44. The lowest BCUT2D eigenvalue weighted by atomic mass is 10.0. The maximum atomic E-state index is 5.75. The van der Waals surface area contributed by atoms with Crippen LogP contribution in [0.25, 0.3) is 0 Å². The van der Waals surface area contributed by atoms with Crippen LogP contribution in [0.3, 0.4) is 0 Å². The third-order valence-electron chi connectivity index (χ3n) is 3.30. The van der Waals surface area contributed by atoms with Gasteiger partial charge in [-0.2, -0.15) is 11.8 Å². The molecule has 0 spiro atoms. The van der Waals surface area contributed by atoms with Crippen molar-refractivity contribution < 1.29 is 4.74 Å². The fourth-order valence-corrected chi connectivity index (χ4v) is 1.96. The Morgan fingerprint density at radius 1 is 1.29 bits per heavy atom. The van der Waals surface area contributed by atoms with Gasteiger partial charge in [-0.3, -0.25) is 4.99 Å². The summed E-state index contributed by atoms with van der Waals surface area (Å²) in [6, 6.07) is 0. The van der Waals surface area contributed by atoms with E-state index in [1.165, 1.54) is 0 Å². The average Bonchev–Trinajstić information content (AvgIpc) is 2.41. The third-order valence-corrected chi connectivity index (χ3v) is 4.55. The zero-order valence-corrected chi connectivity index (χ0v) is 17.8. The van der Waals surface area contributed by atoms with Gasteiger partial charge in [-0.25, -0.2) is 0 Å². The van der Waals surface area contributed by atoms with Gasteiger partial charge >= 0.3 is 0 Å². The van der Waals surface area contributed by atoms with Gasteiger partial charge in [0, 0.05) is 31.5 Å². The van der Waals surface area contributed by atoms with E-state index in [0.29, 0.717) is 12.0 Å². The molecule has 0 saturated heterocycles. The van der Waals surface area contributed by atoms with Crippen molar-refractivity contribution in [3.8, 4) is 0 Å². The molecule has 0 aliphatic carbocycles. The standard InChI is InChI=1S/C15H33N3OS.HI/c1-8-19-13(12(2)3)9-10-17-14(16-6)18-11-15(4,5)20-7;/h12-13H,8-11H2,1-7H3,(H2,16,17,18);1H. The average molecular weight is 431 g/mol. The minimum absolute atomic E-state index is 0. The van der Waals surface area contributed by atoms with Crippen LogP contribution in [-0.4, -0.2) is 49.8 Å². The summed E-state index contributed by atoms with van der Waals surface area (Å²) in [5.74, 6) is 1.41. The largest absolute Gasteiger partial charge is 0.378 e. The summed E-state index contributed by atoms with van der Waals surface area (Å²) >= 11 is 1.85. The molecule has 0 amide bonds. The van der Waals surface area contributed by atoms with Crippen LogP contribution in [0, 0.1) is 5.92 Å². The maximum absolute atomic E-state index is 5.75. The lowest BCUT2D eigenvalue weighted by Gasteiger charge is -2.25. The molecule has 21 heavy (non-hydrogen) atoms. The second-order valence-corrected chi connectivity index (χ2v) is 7.36. The number of nitrogens with zero attached hydrogens (tertiary/aromatic N) is 1. The first-order chi connectivity index (χ1) is 9.36. The minimum atomic E-state index is 0. The number of ether oxygens (including phenoxy) is 1. The van der Waals surface area contributed by atoms with E-state index in [4.69, 9.17) is 4.74 Å². The van der Waals surface area contributed by atoms with Crippen molar-refractivity contribution in [1.29, 1.82) is 0 Å². The Kier molecular flexibility index (Phi) is 14.4. The fraction of sp³-hybridized carbons (Fsp3) is 0.933. The zero-order chi connectivity index (χ0) is 15.6. The van der Waals surface area contributed by atoms with Crippen molar-refractivity contribution in [1.82, 2.24) is 10.6 Å². The van der Waals surface area contributed by atoms with Gasteiger partial charge in [0.15, 0.2) is 5.96 Å². The molecule has 0 aliphatic rings. The van der Waals surface area contributed by atoms with Crippen LogP contribution < -0.4 is 10.6 Å². The molecule has 0 fully saturated rings. The maximum Gasteiger partial charge on any atom is 0.191 e. The molecule has 0 rings (SSSR count). The molecular formula is C15H34IN3OS. The number of guanidine groups is 1. The second-order valence-electron chi connectivity index (χ2n) is 5.84. The van der Waals surface area contributed by atoms with Crippen LogP contribution in [-0.2, 0) is 4.74 Å². The first kappa shape index (κ1) is 23.6. The monoisotopic (exact) mass is 431 g/mol. The number of hydrogen-bond acceptors (Lipinski definition) is 3. The molecular weight excluding hydrogens is 397 g/mol. The summed E-state index contributed by atoms with van der Waals surface area (Å²) in [5.41, 5.74) is 0. The number of aliphatic imine (C=N–C) groups is 1. The Morgan fingerprint density at radius 2 is 1.90 bits per heavy atom. The van der Waals surface area contributed by atoms with E-state index in [1.807, 2.05) is 25.7 Å². The molecule has 6 heteroatoms. The second kappa shape index (κ2) is 12.8. The molecule has 1 unspecified atom stereocenters. The van der Waals surface area contributed by atoms with Crippen LogP contribution in [0.4, 0.5) is 0 Å². The first-order valence-corrected chi connectivity index (χ1v) is 8.70. The quantitative estimate of drug-likeness (QED) is 0.334. The fourth-order valence-electron chi connectivity index (χ4n) is 1.75. The smallest absolute Gasteiger partial charge is 0.191 e. The predicted octanol–water partition coefficient (Wildman–Crippen LogP) is 3.36. The molecule has 1 atom stereocenters. The highest BCUT2D eigenvalue weighted by Gasteiger charge is 2.16. The highest BCUT2D eigenvalue weighted by molar-refractivity contribution is 14.0. The van der Waals surface area contributed by atoms with Gasteiger partial charge in [-0.1, -0.05) is 13.8 Å². The number of hydrogen-bond donors (Lipinski definition) is 2. The van der Waals surface area contributed by atoms with Crippen molar-refractivity contribution in [3.63, 3.8) is 0 Å². The van der Waals surface area contributed by atoms with Crippen molar-refractivity contribution in [2.24, 2.45) is 10.9 Å². The van der Waals surface area contributed by atoms with Gasteiger partial charge in [0.1, 0.15) is 0 Å². The van der Waals surface area contributed by atoms with Crippen molar-refractivity contribution >= 4 is 41.7 Å². The lowest BCUT2D eigenvalue weighted by Crippen LogP contribution is -2.44. The van der Waals surface area contributed by atoms with Gasteiger partial charge in [-0.15, -0.1) is 24.0 Å². The highest BCUT2D eigenvalue weighted by atomic mass is 127. The molecule has 0 aromatic carbocycles. The van der Waals surface area contributed by atoms with Crippen LogP contribution >= 0.6 is 35.7 Å². The number of rotatable bonds is 9. The molecule has 0 aromatic rings. The molecule has 128 valence electrons. The van der Waals surface area contributed by atoms with Crippen LogP contribution in [0.5, 0.6) is 0 Å². The predicted molar refractivity (Wildman–Crippen MR) is 107 cm³/mol. The highest BCUT2D eigenvalue weighted by Crippen LogP contribution is 2.19. The molecule has 4 nitrogen and oxygen atoms in total. The van der Waals surface area contributed by atoms with Gasteiger partial charge in [0.2, 0.25) is 0 Å². The summed E-state index contributed by atoms with van der Waals surface area (Å²) in [6.45, 7) is 13.5. The van der Waals surface area contributed by atoms with Gasteiger partial charge < -0.3 is 15.4 Å². The topological polar surface area (TPSA) is 45.6 Å². The van der Waals surface area contributed by atoms with Gasteiger partial charge in [0.05, 0.1) is 6.10 Å². The van der Waals surface area contributed by atoms with E-state index >= 15 is 0 Å². The molecule has 0 bridgehead atoms. The summed E-state index contributed by atoms with van der Waals surface area (Å²) in [4.78, 5) is 4.26.